The summed E-state index contributed by atoms with van der Waals surface area (Å²) in [6, 6.07) is 1.56. The number of likely N-dealkylation sites (N-methyl/N-ethyl adjacent to an activating group) is 3. The molecule has 13 nitrogen and oxygen atoms in total. The van der Waals surface area contributed by atoms with E-state index in [1.165, 1.54) is 28.3 Å². The Morgan fingerprint density at radius 3 is 2.22 bits per heavy atom. The van der Waals surface area contributed by atoms with E-state index in [9.17, 15) is 24.0 Å². The first-order chi connectivity index (χ1) is 21.1. The van der Waals surface area contributed by atoms with Gasteiger partial charge < -0.3 is 34.3 Å². The molecule has 0 bridgehead atoms. The molecule has 242 valence electrons. The third kappa shape index (κ3) is 6.30. The number of allylic oxidation sites excluding steroid dienone is 1. The molecular formula is C32H41N5O8. The summed E-state index contributed by atoms with van der Waals surface area (Å²) in [4.78, 5) is 74.9. The summed E-state index contributed by atoms with van der Waals surface area (Å²) in [5.41, 5.74) is 0.762. The van der Waals surface area contributed by atoms with Gasteiger partial charge in [0.25, 0.3) is 5.91 Å². The molecule has 4 rings (SSSR count). The first-order valence-corrected chi connectivity index (χ1v) is 14.6. The predicted molar refractivity (Wildman–Crippen MR) is 166 cm³/mol. The van der Waals surface area contributed by atoms with E-state index < -0.39 is 41.2 Å². The molecule has 2 aliphatic rings. The van der Waals surface area contributed by atoms with Gasteiger partial charge in [-0.15, -0.1) is 0 Å². The Balaban J connectivity index is 1.91. The summed E-state index contributed by atoms with van der Waals surface area (Å²) in [6.45, 7) is 5.97. The van der Waals surface area contributed by atoms with Crippen molar-refractivity contribution in [1.29, 1.82) is 0 Å². The van der Waals surface area contributed by atoms with Gasteiger partial charge >= 0.3 is 12.1 Å². The van der Waals surface area contributed by atoms with Gasteiger partial charge in [0.2, 0.25) is 5.78 Å². The number of amides is 4. The summed E-state index contributed by atoms with van der Waals surface area (Å²) in [5, 5.41) is 2.66. The molecule has 1 atom stereocenters. The number of ketones is 2. The van der Waals surface area contributed by atoms with Crippen LogP contribution in [0.2, 0.25) is 0 Å². The van der Waals surface area contributed by atoms with Gasteiger partial charge in [-0.3, -0.25) is 19.3 Å². The first kappa shape index (κ1) is 33.2. The molecule has 0 spiro atoms. The van der Waals surface area contributed by atoms with Crippen LogP contribution in [0.15, 0.2) is 23.9 Å². The number of ether oxygens (including phenoxy) is 3. The van der Waals surface area contributed by atoms with Crippen molar-refractivity contribution in [2.24, 2.45) is 0 Å². The lowest BCUT2D eigenvalue weighted by atomic mass is 9.77. The van der Waals surface area contributed by atoms with E-state index in [1.54, 1.807) is 39.1 Å². The zero-order chi connectivity index (χ0) is 33.4. The van der Waals surface area contributed by atoms with E-state index in [0.29, 0.717) is 35.4 Å². The van der Waals surface area contributed by atoms with Crippen LogP contribution in [0.25, 0.3) is 5.57 Å². The molecule has 1 aromatic carbocycles. The number of aromatic amines is 1. The third-order valence-electron chi connectivity index (χ3n) is 7.74. The van der Waals surface area contributed by atoms with Crippen LogP contribution in [0.1, 0.15) is 58.3 Å². The first-order valence-electron chi connectivity index (χ1n) is 14.6. The van der Waals surface area contributed by atoms with Crippen LogP contribution in [0.4, 0.5) is 9.59 Å². The number of rotatable bonds is 10. The summed E-state index contributed by atoms with van der Waals surface area (Å²) in [5.74, 6) is -1.19. The molecule has 45 heavy (non-hydrogen) atoms. The smallest absolute Gasteiger partial charge is 0.407 e. The maximum Gasteiger partial charge on any atom is 0.407 e. The highest BCUT2D eigenvalue weighted by molar-refractivity contribution is 6.42. The van der Waals surface area contributed by atoms with Crippen molar-refractivity contribution in [3.8, 4) is 11.5 Å². The number of Topliss-reactive ketones (excluding diaryl/α,β-unsaturated/α-hetero) is 2. The van der Waals surface area contributed by atoms with Gasteiger partial charge in [0.05, 0.1) is 25.5 Å². The number of aromatic nitrogens is 1. The Kier molecular flexibility index (Phi) is 9.43. The second kappa shape index (κ2) is 12.8. The van der Waals surface area contributed by atoms with Crippen molar-refractivity contribution in [2.45, 2.75) is 45.3 Å². The maximum absolute atomic E-state index is 14.6. The lowest BCUT2D eigenvalue weighted by molar-refractivity contribution is -0.126. The van der Waals surface area contributed by atoms with Crippen molar-refractivity contribution in [2.75, 3.05) is 55.5 Å². The molecule has 1 unspecified atom stereocenters. The Morgan fingerprint density at radius 2 is 1.67 bits per heavy atom. The summed E-state index contributed by atoms with van der Waals surface area (Å²) in [7, 11) is 9.49. The van der Waals surface area contributed by atoms with E-state index in [2.05, 4.69) is 10.3 Å². The van der Waals surface area contributed by atoms with E-state index >= 15 is 0 Å². The minimum atomic E-state index is -1.36. The molecule has 13 heteroatoms. The maximum atomic E-state index is 14.6. The molecule has 0 saturated carbocycles. The number of hydrogen-bond donors (Lipinski definition) is 2. The minimum Gasteiger partial charge on any atom is -0.493 e. The number of benzene rings is 1. The van der Waals surface area contributed by atoms with Gasteiger partial charge in [0.15, 0.2) is 17.3 Å². The Labute approximate surface area is 262 Å². The van der Waals surface area contributed by atoms with E-state index in [-0.39, 0.29) is 41.1 Å². The van der Waals surface area contributed by atoms with E-state index in [1.807, 2.05) is 19.0 Å². The second-order valence-corrected chi connectivity index (χ2v) is 12.3. The van der Waals surface area contributed by atoms with Crippen LogP contribution >= 0.6 is 0 Å². The lowest BCUT2D eigenvalue weighted by Crippen LogP contribution is -2.40. The molecule has 1 aliphatic heterocycles. The Morgan fingerprint density at radius 1 is 0.978 bits per heavy atom. The van der Waals surface area contributed by atoms with Crippen molar-refractivity contribution in [1.82, 2.24) is 25.0 Å². The number of carbonyl (C=O) groups excluding carboxylic acids is 5. The zero-order valence-corrected chi connectivity index (χ0v) is 27.2. The van der Waals surface area contributed by atoms with Gasteiger partial charge in [-0.25, -0.2) is 9.59 Å². The monoisotopic (exact) mass is 623 g/mol. The summed E-state index contributed by atoms with van der Waals surface area (Å²) in [6.07, 6.45) is 1.60. The van der Waals surface area contributed by atoms with Crippen LogP contribution < -0.4 is 14.8 Å². The van der Waals surface area contributed by atoms with Crippen molar-refractivity contribution >= 4 is 35.2 Å². The number of alkyl carbamates (subject to hydrolysis) is 1. The molecule has 2 aromatic rings. The molecule has 0 radical (unpaired) electrons. The third-order valence-corrected chi connectivity index (χ3v) is 7.74. The molecule has 4 amide bonds. The molecule has 1 aliphatic carbocycles. The fraction of sp³-hybridized carbons (Fsp3) is 0.469. The topological polar surface area (TPSA) is 151 Å². The summed E-state index contributed by atoms with van der Waals surface area (Å²) >= 11 is 0. The van der Waals surface area contributed by atoms with E-state index in [0.717, 1.165) is 9.80 Å². The van der Waals surface area contributed by atoms with Crippen LogP contribution in [0.5, 0.6) is 11.5 Å². The molecule has 1 aromatic heterocycles. The molecular weight excluding hydrogens is 582 g/mol. The van der Waals surface area contributed by atoms with Gasteiger partial charge in [-0.05, 0) is 64.9 Å². The number of carbonyl (C=O) groups is 5. The number of methoxy groups -OCH3 is 2. The van der Waals surface area contributed by atoms with Crippen LogP contribution in [0, 0.1) is 0 Å². The van der Waals surface area contributed by atoms with Gasteiger partial charge in [0, 0.05) is 50.1 Å². The molecule has 1 saturated heterocycles. The van der Waals surface area contributed by atoms with Gasteiger partial charge in [-0.1, -0.05) is 6.07 Å². The Hall–Kier alpha value is -4.65. The highest BCUT2D eigenvalue weighted by Crippen LogP contribution is 2.45. The molecule has 2 heterocycles. The largest absolute Gasteiger partial charge is 0.493 e. The second-order valence-electron chi connectivity index (χ2n) is 12.3. The van der Waals surface area contributed by atoms with Crippen LogP contribution in [-0.2, 0) is 22.4 Å². The Bertz CT molecular complexity index is 1580. The number of fused-ring (bicyclic) bond motifs is 1. The van der Waals surface area contributed by atoms with Crippen molar-refractivity contribution in [3.63, 3.8) is 0 Å². The number of urea groups is 1. The molecule has 1 fully saturated rings. The quantitative estimate of drug-likeness (QED) is 0.381. The van der Waals surface area contributed by atoms with Crippen molar-refractivity contribution in [3.05, 3.63) is 51.9 Å². The summed E-state index contributed by atoms with van der Waals surface area (Å²) < 4.78 is 16.7. The predicted octanol–water partition coefficient (Wildman–Crippen LogP) is 2.93. The molecule has 2 N–H and O–H groups in total. The van der Waals surface area contributed by atoms with Crippen LogP contribution in [-0.4, -0.2) is 116 Å². The average molecular weight is 624 g/mol. The number of H-pyrrole nitrogens is 1. The highest BCUT2D eigenvalue weighted by atomic mass is 16.6. The van der Waals surface area contributed by atoms with Gasteiger partial charge in [-0.2, -0.15) is 0 Å². The number of hydrogen-bond acceptors (Lipinski definition) is 9. The normalized spacial score (nSPS) is 17.0. The number of imide groups is 1. The fourth-order valence-electron chi connectivity index (χ4n) is 5.62. The lowest BCUT2D eigenvalue weighted by Gasteiger charge is -2.28. The SMILES string of the molecule is COc1ccc(CCN(C)C)c(C2=C(C3C(=O)N(C)C(=O)N3C)C(=O)c3c(CCNC(=O)OC(C)(C)C)c[nH]c3C2=O)c1OC. The average Bonchev–Trinajstić information content (AvgIpc) is 3.47. The van der Waals surface area contributed by atoms with Crippen molar-refractivity contribution < 1.29 is 38.2 Å². The number of nitrogens with zero attached hydrogens (tertiary/aromatic N) is 3. The minimum absolute atomic E-state index is 0.0365. The van der Waals surface area contributed by atoms with Crippen LogP contribution in [0.3, 0.4) is 0 Å². The number of nitrogens with one attached hydrogen (secondary N) is 2. The standard InChI is InChI=1S/C32H41N5O8/c1-32(2,3)45-30(41)33-14-12-18-16-34-24-21(18)26(38)23(25-29(40)37(7)31(42)36(25)6)22(27(24)39)20-17(13-15-35(4)5)10-11-19(43-8)28(20)44-9/h10-11,16,25,34H,12-15H2,1-9H3,(H,33,41). The fourth-order valence-corrected chi connectivity index (χ4v) is 5.62. The van der Waals surface area contributed by atoms with E-state index in [4.69, 9.17) is 14.2 Å². The zero-order valence-electron chi connectivity index (χ0n) is 27.2. The highest BCUT2D eigenvalue weighted by Gasteiger charge is 2.50. The van der Waals surface area contributed by atoms with Gasteiger partial charge in [0.1, 0.15) is 11.6 Å².